The molecule has 5 aromatic rings. The van der Waals surface area contributed by atoms with Gasteiger partial charge in [0.05, 0.1) is 5.56 Å². The number of pyridine rings is 1. The Bertz CT molecular complexity index is 2700. The molecule has 3 aromatic carbocycles. The topological polar surface area (TPSA) is 296 Å². The maximum atomic E-state index is 14.8. The third-order valence-corrected chi connectivity index (χ3v) is 12.7. The van der Waals surface area contributed by atoms with Gasteiger partial charge in [-0.15, -0.1) is 0 Å². The lowest BCUT2D eigenvalue weighted by molar-refractivity contribution is -0.142. The summed E-state index contributed by atoms with van der Waals surface area (Å²) in [6.07, 6.45) is 4.95. The molecule has 0 radical (unpaired) electrons. The van der Waals surface area contributed by atoms with E-state index in [2.05, 4.69) is 41.9 Å². The standard InChI is InChI=1S/C52H60N10O10/c53-23-7-6-14-39-45(64)57-40(15-8-24-55-52(71)72-51(70)34-21-25-54-26-22-34)46(65)61-43(29-32-10-2-1-3-11-32)50(69)62-27-9-16-44(62)49(68)60-41(28-33-17-19-36(63)20-18-33)47(66)59-42(48(67)58-39)30-35-31-56-38-13-5-4-12-37(35)38/h1-5,10-13,17-22,25-26,31,39-44,56,63H,6-9,14-16,23-24,27-30,53H2,(H,55,71)(H,57,64)(H,58,67)(H,59,66)(H,60,68)(H,61,65)/t39-,40-,41-,42+,43-,44-/m0/s1. The van der Waals surface area contributed by atoms with Crippen molar-refractivity contribution in [3.8, 4) is 5.75 Å². The number of aromatic nitrogens is 2. The number of nitrogens with one attached hydrogen (secondary N) is 7. The fraction of sp³-hybridized carbons (Fsp3) is 0.365. The van der Waals surface area contributed by atoms with Crippen molar-refractivity contribution in [3.05, 3.63) is 132 Å². The second kappa shape index (κ2) is 25.1. The van der Waals surface area contributed by atoms with Gasteiger partial charge in [0.25, 0.3) is 0 Å². The summed E-state index contributed by atoms with van der Waals surface area (Å²) in [5, 5.41) is 27.5. The lowest BCUT2D eigenvalue weighted by Gasteiger charge is -2.32. The van der Waals surface area contributed by atoms with Gasteiger partial charge >= 0.3 is 12.1 Å². The molecule has 0 saturated carbocycles. The molecule has 0 aliphatic carbocycles. The number of aromatic hydroxyl groups is 1. The molecular formula is C52H60N10O10. The first-order valence-electron chi connectivity index (χ1n) is 24.2. The molecule has 7 rings (SSSR count). The fourth-order valence-corrected chi connectivity index (χ4v) is 8.91. The van der Waals surface area contributed by atoms with Crippen LogP contribution in [-0.2, 0) is 52.8 Å². The van der Waals surface area contributed by atoms with Gasteiger partial charge in [0.2, 0.25) is 35.4 Å². The van der Waals surface area contributed by atoms with Crippen molar-refractivity contribution in [2.24, 2.45) is 5.73 Å². The highest BCUT2D eigenvalue weighted by Gasteiger charge is 2.41. The number of hydrogen-bond donors (Lipinski definition) is 9. The molecule has 0 bridgehead atoms. The number of alkyl carbamates (subject to hydrolysis) is 1. The van der Waals surface area contributed by atoms with Gasteiger partial charge in [-0.05, 0) is 98.5 Å². The number of nitrogens with two attached hydrogens (primary N) is 1. The Kier molecular flexibility index (Phi) is 18.0. The van der Waals surface area contributed by atoms with Crippen LogP contribution in [0, 0.1) is 0 Å². The zero-order valence-corrected chi connectivity index (χ0v) is 39.6. The number of carbonyl (C=O) groups is 8. The summed E-state index contributed by atoms with van der Waals surface area (Å²) in [5.74, 6) is -5.03. The van der Waals surface area contributed by atoms with E-state index in [9.17, 15) is 43.5 Å². The van der Waals surface area contributed by atoms with Gasteiger partial charge in [-0.25, -0.2) is 9.59 Å². The predicted molar refractivity (Wildman–Crippen MR) is 264 cm³/mol. The van der Waals surface area contributed by atoms with Gasteiger partial charge in [-0.3, -0.25) is 33.8 Å². The largest absolute Gasteiger partial charge is 0.508 e. The van der Waals surface area contributed by atoms with Crippen LogP contribution in [-0.4, -0.2) is 123 Å². The number of nitrogens with zero attached hydrogens (tertiary/aromatic N) is 2. The normalized spacial score (nSPS) is 21.3. The summed E-state index contributed by atoms with van der Waals surface area (Å²) in [4.78, 5) is 121. The van der Waals surface area contributed by atoms with Gasteiger partial charge < -0.3 is 57.4 Å². The molecule has 7 amide bonds. The summed E-state index contributed by atoms with van der Waals surface area (Å²) in [6.45, 7) is 0.355. The molecule has 4 heterocycles. The second-order valence-electron chi connectivity index (χ2n) is 17.9. The van der Waals surface area contributed by atoms with Crippen LogP contribution < -0.4 is 37.6 Å². The Hall–Kier alpha value is -8.13. The highest BCUT2D eigenvalue weighted by atomic mass is 16.6. The molecule has 2 aromatic heterocycles. The highest BCUT2D eigenvalue weighted by Crippen LogP contribution is 2.23. The quantitative estimate of drug-likeness (QED) is 0.0415. The monoisotopic (exact) mass is 984 g/mol. The number of fused-ring (bicyclic) bond motifs is 2. The SMILES string of the molecule is NCCCC[C@@H]1NC(=O)[C@@H](Cc2c[nH]c3ccccc23)NC(=O)[C@H](Cc2ccc(O)cc2)NC(=O)[C@@H]2CCCN2C(=O)[C@H](Cc2ccccc2)NC(=O)[C@H](CCCNC(=O)OC(=O)c2ccncc2)NC1=O. The summed E-state index contributed by atoms with van der Waals surface area (Å²) in [5.41, 5.74) is 8.69. The number of hydrogen-bond acceptors (Lipinski definition) is 12. The van der Waals surface area contributed by atoms with Gasteiger partial charge in [0, 0.05) is 61.8 Å². The Morgan fingerprint density at radius 2 is 1.25 bits per heavy atom. The maximum Gasteiger partial charge on any atom is 0.415 e. The van der Waals surface area contributed by atoms with E-state index in [1.165, 1.54) is 41.6 Å². The van der Waals surface area contributed by atoms with E-state index in [-0.39, 0.29) is 69.3 Å². The Morgan fingerprint density at radius 3 is 1.96 bits per heavy atom. The number of unbranched alkanes of at least 4 members (excludes halogenated alkanes) is 1. The third-order valence-electron chi connectivity index (χ3n) is 12.7. The zero-order chi connectivity index (χ0) is 51.0. The molecule has 0 unspecified atom stereocenters. The Labute approximate surface area is 415 Å². The Balaban J connectivity index is 1.22. The number of amides is 7. The van der Waals surface area contributed by atoms with Crippen LogP contribution in [0.25, 0.3) is 10.9 Å². The summed E-state index contributed by atoms with van der Waals surface area (Å²) in [6, 6.07) is 17.8. The smallest absolute Gasteiger partial charge is 0.415 e. The zero-order valence-electron chi connectivity index (χ0n) is 39.6. The van der Waals surface area contributed by atoms with E-state index in [1.54, 1.807) is 48.7 Å². The molecule has 2 aliphatic heterocycles. The van der Waals surface area contributed by atoms with Gasteiger partial charge in [-0.1, -0.05) is 60.7 Å². The maximum absolute atomic E-state index is 14.8. The number of ether oxygens (including phenoxy) is 1. The van der Waals surface area contributed by atoms with E-state index in [0.29, 0.717) is 42.5 Å². The first-order valence-corrected chi connectivity index (χ1v) is 24.2. The van der Waals surface area contributed by atoms with Crippen molar-refractivity contribution < 1.29 is 48.2 Å². The van der Waals surface area contributed by atoms with Crippen LogP contribution in [0.5, 0.6) is 5.75 Å². The number of rotatable bonds is 15. The second-order valence-corrected chi connectivity index (χ2v) is 17.9. The van der Waals surface area contributed by atoms with Crippen LogP contribution >= 0.6 is 0 Å². The molecule has 10 N–H and O–H groups in total. The van der Waals surface area contributed by atoms with Crippen molar-refractivity contribution in [1.29, 1.82) is 0 Å². The van der Waals surface area contributed by atoms with Crippen LogP contribution in [0.1, 0.15) is 72.0 Å². The van der Waals surface area contributed by atoms with Crippen molar-refractivity contribution in [1.82, 2.24) is 46.8 Å². The van der Waals surface area contributed by atoms with Crippen molar-refractivity contribution in [2.45, 2.75) is 100 Å². The number of phenols is 1. The average molecular weight is 985 g/mol. The molecule has 2 saturated heterocycles. The molecule has 2 aliphatic rings. The predicted octanol–water partition coefficient (Wildman–Crippen LogP) is 2.20. The molecule has 72 heavy (non-hydrogen) atoms. The number of aromatic amines is 1. The van der Waals surface area contributed by atoms with E-state index >= 15 is 0 Å². The van der Waals surface area contributed by atoms with Crippen LogP contribution in [0.2, 0.25) is 0 Å². The number of carbonyl (C=O) groups excluding carboxylic acids is 8. The Morgan fingerprint density at radius 1 is 0.667 bits per heavy atom. The lowest BCUT2D eigenvalue weighted by Crippen LogP contribution is -2.62. The van der Waals surface area contributed by atoms with Gasteiger partial charge in [0.15, 0.2) is 0 Å². The van der Waals surface area contributed by atoms with E-state index in [0.717, 1.165) is 10.9 Å². The summed E-state index contributed by atoms with van der Waals surface area (Å²) < 4.78 is 4.90. The van der Waals surface area contributed by atoms with E-state index < -0.39 is 83.8 Å². The number of para-hydroxylation sites is 1. The lowest BCUT2D eigenvalue weighted by atomic mass is 10.00. The molecule has 6 atom stereocenters. The van der Waals surface area contributed by atoms with Crippen molar-refractivity contribution in [3.63, 3.8) is 0 Å². The minimum Gasteiger partial charge on any atom is -0.508 e. The summed E-state index contributed by atoms with van der Waals surface area (Å²) >= 11 is 0. The number of phenolic OH excluding ortho intramolecular Hbond substituents is 1. The minimum absolute atomic E-state index is 0.00746. The van der Waals surface area contributed by atoms with Gasteiger partial charge in [0.1, 0.15) is 42.0 Å². The molecular weight excluding hydrogens is 925 g/mol. The van der Waals surface area contributed by atoms with Crippen molar-refractivity contribution >= 4 is 58.4 Å². The highest BCUT2D eigenvalue weighted by molar-refractivity contribution is 5.99. The minimum atomic E-state index is -1.34. The van der Waals surface area contributed by atoms with Crippen molar-refractivity contribution in [2.75, 3.05) is 19.6 Å². The first kappa shape index (κ1) is 51.7. The van der Waals surface area contributed by atoms with Crippen LogP contribution in [0.15, 0.2) is 110 Å². The van der Waals surface area contributed by atoms with E-state index in [1.807, 2.05) is 24.3 Å². The third kappa shape index (κ3) is 14.0. The molecule has 0 spiro atoms. The van der Waals surface area contributed by atoms with Gasteiger partial charge in [-0.2, -0.15) is 0 Å². The summed E-state index contributed by atoms with van der Waals surface area (Å²) in [7, 11) is 0. The fourth-order valence-electron chi connectivity index (χ4n) is 8.91. The molecule has 20 nitrogen and oxygen atoms in total. The molecule has 20 heteroatoms. The average Bonchev–Trinajstić information content (AvgIpc) is 4.05. The number of H-pyrrole nitrogens is 1. The number of esters is 1. The van der Waals surface area contributed by atoms with Crippen LogP contribution in [0.3, 0.4) is 0 Å². The van der Waals surface area contributed by atoms with E-state index in [4.69, 9.17) is 10.5 Å². The first-order chi connectivity index (χ1) is 34.9. The molecule has 2 fully saturated rings. The van der Waals surface area contributed by atoms with Crippen LogP contribution in [0.4, 0.5) is 4.79 Å². The number of benzene rings is 3. The molecule has 378 valence electrons.